The zero-order chi connectivity index (χ0) is 10.0. The fraction of sp³-hybridized carbons (Fsp3) is 1.00. The molecule has 0 aliphatic carbocycles. The molecule has 1 saturated heterocycles. The van der Waals surface area contributed by atoms with E-state index in [-0.39, 0.29) is 6.54 Å². The molecule has 0 spiro atoms. The summed E-state index contributed by atoms with van der Waals surface area (Å²) in [4.78, 5) is 0. The third-order valence-corrected chi connectivity index (χ3v) is 2.30. The van der Waals surface area contributed by atoms with Crippen molar-refractivity contribution >= 4 is 0 Å². The van der Waals surface area contributed by atoms with Crippen LogP contribution in [0.4, 0.5) is 0 Å². The molecule has 0 bridgehead atoms. The van der Waals surface area contributed by atoms with Crippen LogP contribution in [0, 0.1) is 5.92 Å². The zero-order valence-electron chi connectivity index (χ0n) is 7.08. The Balaban J connectivity index is 2.66. The van der Waals surface area contributed by atoms with Gasteiger partial charge in [-0.25, -0.2) is 0 Å². The lowest BCUT2D eigenvalue weighted by Crippen LogP contribution is -2.57. The molecule has 6 nitrogen and oxygen atoms in total. The number of hydrogen-bond donors (Lipinski definition) is 5. The summed E-state index contributed by atoms with van der Waals surface area (Å²) in [6.45, 7) is -0.440. The van der Waals surface area contributed by atoms with Gasteiger partial charge in [0, 0.05) is 6.54 Å². The molecule has 6 N–H and O–H groups in total. The van der Waals surface area contributed by atoms with Gasteiger partial charge < -0.3 is 30.9 Å². The number of nitrogens with two attached hydrogens (primary N) is 1. The van der Waals surface area contributed by atoms with Crippen LogP contribution in [0.25, 0.3) is 0 Å². The Bertz CT molecular complexity index is 167. The molecule has 0 aromatic rings. The predicted octanol–water partition coefficient (Wildman–Crippen LogP) is -3.01. The van der Waals surface area contributed by atoms with Crippen molar-refractivity contribution in [3.8, 4) is 0 Å². The number of hydrogen-bond acceptors (Lipinski definition) is 6. The lowest BCUT2D eigenvalue weighted by molar-refractivity contribution is -0.267. The van der Waals surface area contributed by atoms with Gasteiger partial charge in [0.2, 0.25) is 0 Å². The predicted molar refractivity (Wildman–Crippen MR) is 42.5 cm³/mol. The van der Waals surface area contributed by atoms with Gasteiger partial charge in [-0.2, -0.15) is 0 Å². The van der Waals surface area contributed by atoms with Gasteiger partial charge in [0.25, 0.3) is 0 Å². The SMILES string of the molecule is NC[C@@H]1[C@@H](O)[C@H](O)[C@@H](CO)O[C@@H]1O. The maximum atomic E-state index is 9.43. The van der Waals surface area contributed by atoms with Crippen molar-refractivity contribution in [3.05, 3.63) is 0 Å². The average molecular weight is 193 g/mol. The summed E-state index contributed by atoms with van der Waals surface area (Å²) in [7, 11) is 0. The van der Waals surface area contributed by atoms with Crippen molar-refractivity contribution in [2.75, 3.05) is 13.2 Å². The highest BCUT2D eigenvalue weighted by molar-refractivity contribution is 4.88. The molecular formula is C7H15NO5. The molecule has 0 aromatic heterocycles. The van der Waals surface area contributed by atoms with E-state index in [0.29, 0.717) is 0 Å². The largest absolute Gasteiger partial charge is 0.394 e. The minimum absolute atomic E-state index is 0.0115. The third kappa shape index (κ3) is 1.98. The van der Waals surface area contributed by atoms with Crippen LogP contribution >= 0.6 is 0 Å². The van der Waals surface area contributed by atoms with Gasteiger partial charge in [0.15, 0.2) is 6.29 Å². The summed E-state index contributed by atoms with van der Waals surface area (Å²) in [6.07, 6.45) is -4.55. The first-order valence-corrected chi connectivity index (χ1v) is 4.12. The molecular weight excluding hydrogens is 178 g/mol. The van der Waals surface area contributed by atoms with E-state index in [1.165, 1.54) is 0 Å². The van der Waals surface area contributed by atoms with E-state index in [9.17, 15) is 15.3 Å². The second-order valence-electron chi connectivity index (χ2n) is 3.13. The lowest BCUT2D eigenvalue weighted by Gasteiger charge is -2.39. The number of aliphatic hydroxyl groups excluding tert-OH is 4. The molecule has 1 heterocycles. The van der Waals surface area contributed by atoms with Crippen LogP contribution in [-0.4, -0.2) is 58.2 Å². The summed E-state index contributed by atoms with van der Waals surface area (Å²) in [5.74, 6) is -0.710. The number of ether oxygens (including phenoxy) is 1. The maximum absolute atomic E-state index is 9.43. The van der Waals surface area contributed by atoms with Gasteiger partial charge in [0.1, 0.15) is 12.2 Å². The molecule has 78 valence electrons. The topological polar surface area (TPSA) is 116 Å². The van der Waals surface area contributed by atoms with Crippen LogP contribution in [0.2, 0.25) is 0 Å². The molecule has 1 aliphatic heterocycles. The smallest absolute Gasteiger partial charge is 0.161 e. The van der Waals surface area contributed by atoms with E-state index >= 15 is 0 Å². The Labute approximate surface area is 75.6 Å². The quantitative estimate of drug-likeness (QED) is 0.319. The van der Waals surface area contributed by atoms with Gasteiger partial charge >= 0.3 is 0 Å². The van der Waals surface area contributed by atoms with E-state index in [2.05, 4.69) is 0 Å². The van der Waals surface area contributed by atoms with E-state index in [1.54, 1.807) is 0 Å². The Morgan fingerprint density at radius 1 is 1.15 bits per heavy atom. The highest BCUT2D eigenvalue weighted by Crippen LogP contribution is 2.23. The van der Waals surface area contributed by atoms with Crippen molar-refractivity contribution in [3.63, 3.8) is 0 Å². The van der Waals surface area contributed by atoms with Crippen LogP contribution in [0.15, 0.2) is 0 Å². The Morgan fingerprint density at radius 3 is 2.23 bits per heavy atom. The summed E-state index contributed by atoms with van der Waals surface area (Å²) in [5.41, 5.74) is 5.26. The van der Waals surface area contributed by atoms with Crippen LogP contribution in [0.3, 0.4) is 0 Å². The van der Waals surface area contributed by atoms with E-state index < -0.39 is 37.1 Å². The Kier molecular flexibility index (Phi) is 3.60. The average Bonchev–Trinajstić information content (AvgIpc) is 2.12. The lowest BCUT2D eigenvalue weighted by atomic mass is 9.91. The zero-order valence-corrected chi connectivity index (χ0v) is 7.08. The second-order valence-corrected chi connectivity index (χ2v) is 3.13. The monoisotopic (exact) mass is 193 g/mol. The second kappa shape index (κ2) is 4.32. The van der Waals surface area contributed by atoms with Gasteiger partial charge in [-0.3, -0.25) is 0 Å². The molecule has 1 aliphatic rings. The highest BCUT2D eigenvalue weighted by atomic mass is 16.6. The van der Waals surface area contributed by atoms with Crippen LogP contribution in [0.1, 0.15) is 0 Å². The van der Waals surface area contributed by atoms with E-state index in [4.69, 9.17) is 15.6 Å². The first kappa shape index (κ1) is 10.8. The molecule has 1 rings (SSSR count). The fourth-order valence-corrected chi connectivity index (χ4v) is 1.41. The normalized spacial score (nSPS) is 46.4. The Morgan fingerprint density at radius 2 is 1.77 bits per heavy atom. The van der Waals surface area contributed by atoms with Crippen molar-refractivity contribution in [2.45, 2.75) is 24.6 Å². The molecule has 0 aromatic carbocycles. The van der Waals surface area contributed by atoms with Gasteiger partial charge in [-0.15, -0.1) is 0 Å². The Hall–Kier alpha value is -0.240. The fourth-order valence-electron chi connectivity index (χ4n) is 1.41. The molecule has 0 unspecified atom stereocenters. The van der Waals surface area contributed by atoms with Crippen molar-refractivity contribution < 1.29 is 25.2 Å². The van der Waals surface area contributed by atoms with Crippen molar-refractivity contribution in [2.24, 2.45) is 11.7 Å². The van der Waals surface area contributed by atoms with Crippen LogP contribution in [0.5, 0.6) is 0 Å². The first-order valence-electron chi connectivity index (χ1n) is 4.12. The van der Waals surface area contributed by atoms with Crippen molar-refractivity contribution in [1.29, 1.82) is 0 Å². The summed E-state index contributed by atoms with van der Waals surface area (Å²) in [5, 5.41) is 36.8. The molecule has 0 radical (unpaired) electrons. The maximum Gasteiger partial charge on any atom is 0.161 e. The molecule has 6 heteroatoms. The summed E-state index contributed by atoms with van der Waals surface area (Å²) in [6, 6.07) is 0. The standard InChI is InChI=1S/C7H15NO5/c8-1-3-5(10)6(11)4(2-9)13-7(3)12/h3-7,9-12H,1-2,8H2/t3-,4-,5-,6-,7+/m1/s1. The molecule has 1 fully saturated rings. The summed E-state index contributed by atoms with van der Waals surface area (Å²) < 4.78 is 4.84. The number of aliphatic hydroxyl groups is 4. The van der Waals surface area contributed by atoms with Crippen molar-refractivity contribution in [1.82, 2.24) is 0 Å². The van der Waals surface area contributed by atoms with Gasteiger partial charge in [0.05, 0.1) is 18.6 Å². The molecule has 5 atom stereocenters. The van der Waals surface area contributed by atoms with Gasteiger partial charge in [-0.05, 0) is 0 Å². The van der Waals surface area contributed by atoms with Crippen LogP contribution < -0.4 is 5.73 Å². The molecule has 0 saturated carbocycles. The minimum Gasteiger partial charge on any atom is -0.394 e. The summed E-state index contributed by atoms with van der Waals surface area (Å²) >= 11 is 0. The number of rotatable bonds is 2. The molecule has 13 heavy (non-hydrogen) atoms. The minimum atomic E-state index is -1.24. The van der Waals surface area contributed by atoms with E-state index in [1.807, 2.05) is 0 Å². The van der Waals surface area contributed by atoms with Gasteiger partial charge in [-0.1, -0.05) is 0 Å². The molecule has 0 amide bonds. The van der Waals surface area contributed by atoms with E-state index in [0.717, 1.165) is 0 Å². The first-order chi connectivity index (χ1) is 6.11. The highest BCUT2D eigenvalue weighted by Gasteiger charge is 2.42. The van der Waals surface area contributed by atoms with Crippen LogP contribution in [-0.2, 0) is 4.74 Å². The third-order valence-electron chi connectivity index (χ3n) is 2.30.